The van der Waals surface area contributed by atoms with Crippen LogP contribution in [0.25, 0.3) is 0 Å². The zero-order chi connectivity index (χ0) is 20.1. The Hall–Kier alpha value is -2.20. The Balaban J connectivity index is 1.29. The molecular weight excluding hydrogens is 358 g/mol. The van der Waals surface area contributed by atoms with Crippen molar-refractivity contribution in [1.82, 2.24) is 14.8 Å². The molecule has 29 heavy (non-hydrogen) atoms. The number of aromatic nitrogens is 1. The highest BCUT2D eigenvalue weighted by atomic mass is 16.2. The summed E-state index contributed by atoms with van der Waals surface area (Å²) in [6, 6.07) is 14.9. The minimum atomic E-state index is 0.332. The lowest BCUT2D eigenvalue weighted by atomic mass is 9.72. The topological polar surface area (TPSA) is 36.4 Å². The van der Waals surface area contributed by atoms with E-state index in [4.69, 9.17) is 0 Å². The van der Waals surface area contributed by atoms with Crippen LogP contribution in [0.2, 0.25) is 0 Å². The second-order valence-corrected chi connectivity index (χ2v) is 9.03. The van der Waals surface area contributed by atoms with Crippen molar-refractivity contribution in [2.75, 3.05) is 32.7 Å². The fourth-order valence-corrected chi connectivity index (χ4v) is 5.01. The molecule has 3 heterocycles. The number of carbonyl (C=O) groups excluding carboxylic acids is 1. The van der Waals surface area contributed by atoms with Gasteiger partial charge in [-0.2, -0.15) is 0 Å². The third-order valence-electron chi connectivity index (χ3n) is 6.99. The molecule has 1 spiro atoms. The predicted molar refractivity (Wildman–Crippen MR) is 117 cm³/mol. The summed E-state index contributed by atoms with van der Waals surface area (Å²) in [4.78, 5) is 21.4. The van der Waals surface area contributed by atoms with Crippen molar-refractivity contribution in [3.63, 3.8) is 0 Å². The van der Waals surface area contributed by atoms with E-state index in [1.807, 2.05) is 12.4 Å². The molecule has 2 aliphatic heterocycles. The normalized spacial score (nSPS) is 20.7. The maximum absolute atomic E-state index is 12.5. The first kappa shape index (κ1) is 20.1. The number of piperidine rings is 2. The first-order valence-electron chi connectivity index (χ1n) is 11.1. The molecule has 1 aromatic heterocycles. The second-order valence-electron chi connectivity index (χ2n) is 9.03. The van der Waals surface area contributed by atoms with Crippen LogP contribution in [0.1, 0.15) is 49.7 Å². The maximum Gasteiger partial charge on any atom is 0.222 e. The van der Waals surface area contributed by atoms with Crippen molar-refractivity contribution in [2.45, 2.75) is 44.9 Å². The van der Waals surface area contributed by atoms with Gasteiger partial charge >= 0.3 is 0 Å². The molecule has 1 atom stereocenters. The van der Waals surface area contributed by atoms with Gasteiger partial charge in [0.25, 0.3) is 0 Å². The molecule has 2 saturated heterocycles. The average Bonchev–Trinajstić information content (AvgIpc) is 2.77. The molecule has 1 amide bonds. The molecule has 154 valence electrons. The summed E-state index contributed by atoms with van der Waals surface area (Å²) in [7, 11) is 0. The number of likely N-dealkylation sites (tertiary alicyclic amines) is 2. The maximum atomic E-state index is 12.5. The molecule has 2 aromatic rings. The average molecular weight is 392 g/mol. The number of hydrogen-bond donors (Lipinski definition) is 0. The van der Waals surface area contributed by atoms with E-state index in [9.17, 15) is 4.79 Å². The van der Waals surface area contributed by atoms with Crippen LogP contribution in [-0.2, 0) is 11.2 Å². The van der Waals surface area contributed by atoms with Crippen molar-refractivity contribution in [3.05, 3.63) is 66.0 Å². The number of carbonyl (C=O) groups is 1. The number of benzene rings is 1. The summed E-state index contributed by atoms with van der Waals surface area (Å²) in [5, 5.41) is 0. The summed E-state index contributed by atoms with van der Waals surface area (Å²) in [5.41, 5.74) is 3.02. The molecule has 0 aliphatic carbocycles. The first-order chi connectivity index (χ1) is 14.1. The first-order valence-corrected chi connectivity index (χ1v) is 11.1. The fraction of sp³-hybridized carbons (Fsp3) is 0.520. The van der Waals surface area contributed by atoms with Gasteiger partial charge in [0, 0.05) is 38.4 Å². The van der Waals surface area contributed by atoms with E-state index < -0.39 is 0 Å². The molecule has 0 radical (unpaired) electrons. The van der Waals surface area contributed by atoms with E-state index in [0.29, 0.717) is 17.2 Å². The van der Waals surface area contributed by atoms with Crippen molar-refractivity contribution in [3.8, 4) is 0 Å². The minimum Gasteiger partial charge on any atom is -0.342 e. The number of pyridine rings is 1. The Labute approximate surface area is 174 Å². The molecule has 4 rings (SSSR count). The third kappa shape index (κ3) is 5.05. The number of rotatable bonds is 6. The number of amides is 1. The van der Waals surface area contributed by atoms with E-state index in [0.717, 1.165) is 52.0 Å². The van der Waals surface area contributed by atoms with Gasteiger partial charge in [0.15, 0.2) is 0 Å². The Kier molecular flexibility index (Phi) is 6.29. The monoisotopic (exact) mass is 391 g/mol. The fourth-order valence-electron chi connectivity index (χ4n) is 5.01. The summed E-state index contributed by atoms with van der Waals surface area (Å²) < 4.78 is 0. The number of hydrogen-bond acceptors (Lipinski definition) is 3. The highest BCUT2D eigenvalue weighted by molar-refractivity contribution is 5.77. The molecule has 4 heteroatoms. The van der Waals surface area contributed by atoms with Crippen LogP contribution in [-0.4, -0.2) is 53.4 Å². The zero-order valence-corrected chi connectivity index (χ0v) is 17.6. The van der Waals surface area contributed by atoms with Crippen molar-refractivity contribution in [1.29, 1.82) is 0 Å². The lowest BCUT2D eigenvalue weighted by molar-refractivity contribution is -0.139. The van der Waals surface area contributed by atoms with Gasteiger partial charge < -0.3 is 9.80 Å². The van der Waals surface area contributed by atoms with Gasteiger partial charge in [-0.25, -0.2) is 0 Å². The Morgan fingerprint density at radius 2 is 1.76 bits per heavy atom. The molecule has 0 N–H and O–H groups in total. The van der Waals surface area contributed by atoms with Gasteiger partial charge in [-0.3, -0.25) is 9.78 Å². The molecule has 0 saturated carbocycles. The van der Waals surface area contributed by atoms with Crippen LogP contribution in [0.3, 0.4) is 0 Å². The lowest BCUT2D eigenvalue weighted by Crippen LogP contribution is -2.52. The standard InChI is InChI=1S/C25H33N3O/c1-21(23-5-3-2-4-6-23)19-27-17-12-25(13-18-27)11-7-24(29)28(20-25)16-10-22-8-14-26-15-9-22/h2-6,8-9,14-15,21H,7,10-13,16-20H2,1H3/t21-/m0/s1. The Morgan fingerprint density at radius 3 is 2.48 bits per heavy atom. The zero-order valence-electron chi connectivity index (χ0n) is 17.6. The van der Waals surface area contributed by atoms with Crippen molar-refractivity contribution >= 4 is 5.91 Å². The molecule has 1 aromatic carbocycles. The van der Waals surface area contributed by atoms with Crippen LogP contribution >= 0.6 is 0 Å². The molecule has 4 nitrogen and oxygen atoms in total. The largest absolute Gasteiger partial charge is 0.342 e. The van der Waals surface area contributed by atoms with E-state index >= 15 is 0 Å². The number of nitrogens with zero attached hydrogens (tertiary/aromatic N) is 3. The van der Waals surface area contributed by atoms with Crippen molar-refractivity contribution in [2.24, 2.45) is 5.41 Å². The molecule has 2 fully saturated rings. The van der Waals surface area contributed by atoms with Gasteiger partial charge in [0.2, 0.25) is 5.91 Å². The highest BCUT2D eigenvalue weighted by Crippen LogP contribution is 2.40. The van der Waals surface area contributed by atoms with E-state index in [2.05, 4.69) is 64.2 Å². The van der Waals surface area contributed by atoms with Gasteiger partial charge in [0.1, 0.15) is 0 Å². The molecule has 0 bridgehead atoms. The summed E-state index contributed by atoms with van der Waals surface area (Å²) in [6.45, 7) is 7.55. The predicted octanol–water partition coefficient (Wildman–Crippen LogP) is 4.13. The minimum absolute atomic E-state index is 0.332. The van der Waals surface area contributed by atoms with Crippen LogP contribution in [0.15, 0.2) is 54.9 Å². The molecular formula is C25H33N3O. The van der Waals surface area contributed by atoms with Gasteiger partial charge in [0.05, 0.1) is 0 Å². The van der Waals surface area contributed by atoms with E-state index in [-0.39, 0.29) is 0 Å². The summed E-state index contributed by atoms with van der Waals surface area (Å²) in [5.74, 6) is 0.903. The Bertz CT molecular complexity index is 784. The van der Waals surface area contributed by atoms with Crippen molar-refractivity contribution < 1.29 is 4.79 Å². The summed E-state index contributed by atoms with van der Waals surface area (Å²) in [6.07, 6.45) is 8.81. The van der Waals surface area contributed by atoms with Gasteiger partial charge in [-0.05, 0) is 73.4 Å². The lowest BCUT2D eigenvalue weighted by Gasteiger charge is -2.48. The van der Waals surface area contributed by atoms with Crippen LogP contribution in [0.5, 0.6) is 0 Å². The second kappa shape index (κ2) is 9.08. The Morgan fingerprint density at radius 1 is 1.03 bits per heavy atom. The quantitative estimate of drug-likeness (QED) is 0.743. The van der Waals surface area contributed by atoms with Crippen LogP contribution < -0.4 is 0 Å². The third-order valence-corrected chi connectivity index (χ3v) is 6.99. The van der Waals surface area contributed by atoms with E-state index in [1.165, 1.54) is 24.0 Å². The van der Waals surface area contributed by atoms with Crippen LogP contribution in [0.4, 0.5) is 0 Å². The van der Waals surface area contributed by atoms with E-state index in [1.54, 1.807) is 0 Å². The molecule has 0 unspecified atom stereocenters. The van der Waals surface area contributed by atoms with Crippen LogP contribution in [0, 0.1) is 5.41 Å². The summed E-state index contributed by atoms with van der Waals surface area (Å²) >= 11 is 0. The van der Waals surface area contributed by atoms with Gasteiger partial charge in [-0.15, -0.1) is 0 Å². The SMILES string of the molecule is C[C@@H](CN1CCC2(CCC(=O)N(CCc3ccncc3)C2)CC1)c1ccccc1. The molecule has 2 aliphatic rings. The highest BCUT2D eigenvalue weighted by Gasteiger charge is 2.40. The smallest absolute Gasteiger partial charge is 0.222 e. The van der Waals surface area contributed by atoms with Gasteiger partial charge in [-0.1, -0.05) is 37.3 Å².